The third-order valence-electron chi connectivity index (χ3n) is 5.00. The number of anilines is 1. The van der Waals surface area contributed by atoms with Gasteiger partial charge in [0.15, 0.2) is 17.0 Å². The molecule has 0 unspecified atom stereocenters. The Balaban J connectivity index is 1.90. The largest absolute Gasteiger partial charge is 0.461 e. The van der Waals surface area contributed by atoms with Crippen molar-refractivity contribution in [1.29, 1.82) is 0 Å². The van der Waals surface area contributed by atoms with E-state index in [-0.39, 0.29) is 42.9 Å². The van der Waals surface area contributed by atoms with Crippen LogP contribution in [0.25, 0.3) is 11.2 Å². The van der Waals surface area contributed by atoms with E-state index in [1.807, 2.05) is 6.92 Å². The van der Waals surface area contributed by atoms with E-state index >= 15 is 0 Å². The maximum Gasteiger partial charge on any atom is 0.312 e. The standard InChI is InChI=1S/C20H24FN5O5/c1-4-7-8-15(28)29-10-20(6-3)12(30-14(27)5-2)9-13(31-20)26-11-23-16-17(22)24-19(21)25-18(16)26/h3,11-13H,4-5,7-10H2,1-2H3,(H2,22,24,25)/t12-,13+,20+/m0/s1. The van der Waals surface area contributed by atoms with Gasteiger partial charge in [0.2, 0.25) is 5.60 Å². The minimum absolute atomic E-state index is 0.100. The first-order valence-corrected chi connectivity index (χ1v) is 9.99. The molecule has 0 radical (unpaired) electrons. The molecule has 1 saturated heterocycles. The van der Waals surface area contributed by atoms with Crippen molar-refractivity contribution in [3.63, 3.8) is 0 Å². The van der Waals surface area contributed by atoms with Gasteiger partial charge in [-0.3, -0.25) is 14.2 Å². The van der Waals surface area contributed by atoms with Crippen LogP contribution < -0.4 is 5.73 Å². The fourth-order valence-electron chi connectivity index (χ4n) is 3.29. The smallest absolute Gasteiger partial charge is 0.312 e. The summed E-state index contributed by atoms with van der Waals surface area (Å²) in [5.74, 6) is 1.45. The molecule has 0 aliphatic carbocycles. The summed E-state index contributed by atoms with van der Waals surface area (Å²) in [5, 5.41) is 0. The molecule has 3 rings (SSSR count). The number of hydrogen-bond donors (Lipinski definition) is 1. The molecule has 0 amide bonds. The number of rotatable bonds is 8. The Morgan fingerprint density at radius 3 is 2.87 bits per heavy atom. The molecule has 2 aromatic heterocycles. The van der Waals surface area contributed by atoms with Crippen LogP contribution in [0.1, 0.15) is 52.2 Å². The van der Waals surface area contributed by atoms with Gasteiger partial charge in [0.1, 0.15) is 18.9 Å². The Morgan fingerprint density at radius 2 is 2.19 bits per heavy atom. The first-order chi connectivity index (χ1) is 14.8. The average molecular weight is 433 g/mol. The minimum Gasteiger partial charge on any atom is -0.461 e. The molecule has 1 aliphatic heterocycles. The number of unbranched alkanes of at least 4 members (excludes halogenated alkanes) is 1. The number of carbonyl (C=O) groups excluding carboxylic acids is 2. The van der Waals surface area contributed by atoms with E-state index in [2.05, 4.69) is 20.9 Å². The second-order valence-electron chi connectivity index (χ2n) is 7.14. The lowest BCUT2D eigenvalue weighted by atomic mass is 9.98. The van der Waals surface area contributed by atoms with Gasteiger partial charge in [-0.2, -0.15) is 14.4 Å². The van der Waals surface area contributed by atoms with E-state index in [9.17, 15) is 14.0 Å². The fourth-order valence-corrected chi connectivity index (χ4v) is 3.29. The number of nitrogen functional groups attached to an aromatic ring is 1. The van der Waals surface area contributed by atoms with Crippen LogP contribution >= 0.6 is 0 Å². The van der Waals surface area contributed by atoms with E-state index in [0.29, 0.717) is 6.42 Å². The van der Waals surface area contributed by atoms with Crippen LogP contribution in [0.4, 0.5) is 10.2 Å². The lowest BCUT2D eigenvalue weighted by molar-refractivity contribution is -0.166. The summed E-state index contributed by atoms with van der Waals surface area (Å²) < 4.78 is 32.0. The average Bonchev–Trinajstić information content (AvgIpc) is 3.32. The predicted octanol–water partition coefficient (Wildman–Crippen LogP) is 1.89. The van der Waals surface area contributed by atoms with Crippen molar-refractivity contribution >= 4 is 28.9 Å². The molecule has 0 aromatic carbocycles. The zero-order valence-corrected chi connectivity index (χ0v) is 17.3. The van der Waals surface area contributed by atoms with Gasteiger partial charge in [0, 0.05) is 19.3 Å². The normalized spacial score (nSPS) is 22.9. The molecule has 0 bridgehead atoms. The first kappa shape index (κ1) is 22.4. The molecular formula is C20H24FN5O5. The van der Waals surface area contributed by atoms with Crippen LogP contribution in [0.15, 0.2) is 6.33 Å². The van der Waals surface area contributed by atoms with Crippen LogP contribution in [-0.4, -0.2) is 49.8 Å². The van der Waals surface area contributed by atoms with Crippen molar-refractivity contribution in [1.82, 2.24) is 19.5 Å². The summed E-state index contributed by atoms with van der Waals surface area (Å²) in [6, 6.07) is 0. The molecule has 11 heteroatoms. The summed E-state index contributed by atoms with van der Waals surface area (Å²) >= 11 is 0. The maximum atomic E-state index is 13.7. The molecule has 166 valence electrons. The molecule has 1 aliphatic rings. The molecule has 0 spiro atoms. The highest BCUT2D eigenvalue weighted by Crippen LogP contribution is 2.40. The Morgan fingerprint density at radius 1 is 1.42 bits per heavy atom. The lowest BCUT2D eigenvalue weighted by Crippen LogP contribution is -2.45. The SMILES string of the molecule is C#C[C@]1(COC(=O)CCCC)O[C@@H](n2cnc3c(N)nc(F)nc32)C[C@@H]1OC(=O)CC. The van der Waals surface area contributed by atoms with Crippen molar-refractivity contribution < 1.29 is 28.2 Å². The van der Waals surface area contributed by atoms with Crippen molar-refractivity contribution in [2.45, 2.75) is 63.9 Å². The quantitative estimate of drug-likeness (QED) is 0.376. The number of nitrogens with two attached hydrogens (primary N) is 1. The molecule has 3 heterocycles. The minimum atomic E-state index is -1.52. The van der Waals surface area contributed by atoms with Crippen molar-refractivity contribution in [2.75, 3.05) is 12.3 Å². The summed E-state index contributed by atoms with van der Waals surface area (Å²) in [4.78, 5) is 35.3. The first-order valence-electron chi connectivity index (χ1n) is 9.99. The summed E-state index contributed by atoms with van der Waals surface area (Å²) in [7, 11) is 0. The number of nitrogens with zero attached hydrogens (tertiary/aromatic N) is 4. The van der Waals surface area contributed by atoms with E-state index < -0.39 is 35.9 Å². The van der Waals surface area contributed by atoms with E-state index in [0.717, 1.165) is 6.42 Å². The lowest BCUT2D eigenvalue weighted by Gasteiger charge is -2.28. The third kappa shape index (κ3) is 4.59. The van der Waals surface area contributed by atoms with E-state index in [1.165, 1.54) is 10.9 Å². The van der Waals surface area contributed by atoms with Gasteiger partial charge in [-0.15, -0.1) is 6.42 Å². The highest BCUT2D eigenvalue weighted by Gasteiger charge is 2.52. The van der Waals surface area contributed by atoms with Gasteiger partial charge in [-0.1, -0.05) is 26.2 Å². The van der Waals surface area contributed by atoms with Crippen LogP contribution in [0, 0.1) is 18.4 Å². The number of halogens is 1. The summed E-state index contributed by atoms with van der Waals surface area (Å²) in [6.45, 7) is 3.29. The number of aromatic nitrogens is 4. The number of ether oxygens (including phenoxy) is 3. The summed E-state index contributed by atoms with van der Waals surface area (Å²) in [5.41, 5.74) is 4.48. The molecule has 1 fully saturated rings. The Hall–Kier alpha value is -3.26. The van der Waals surface area contributed by atoms with Crippen molar-refractivity contribution in [3.05, 3.63) is 12.4 Å². The highest BCUT2D eigenvalue weighted by molar-refractivity contribution is 5.81. The van der Waals surface area contributed by atoms with Crippen LogP contribution in [0.5, 0.6) is 0 Å². The van der Waals surface area contributed by atoms with E-state index in [1.54, 1.807) is 6.92 Å². The highest BCUT2D eigenvalue weighted by atomic mass is 19.1. The number of imidazole rings is 1. The molecule has 0 saturated carbocycles. The number of terminal acetylenes is 1. The number of hydrogen-bond acceptors (Lipinski definition) is 9. The fraction of sp³-hybridized carbons (Fsp3) is 0.550. The maximum absolute atomic E-state index is 13.7. The zero-order valence-electron chi connectivity index (χ0n) is 17.3. The van der Waals surface area contributed by atoms with Crippen LogP contribution in [0.2, 0.25) is 0 Å². The van der Waals surface area contributed by atoms with Gasteiger partial charge in [0.25, 0.3) is 0 Å². The van der Waals surface area contributed by atoms with Crippen LogP contribution in [0.3, 0.4) is 0 Å². The zero-order chi connectivity index (χ0) is 22.6. The summed E-state index contributed by atoms with van der Waals surface area (Å²) in [6.07, 6.45) is 6.34. The number of fused-ring (bicyclic) bond motifs is 1. The monoisotopic (exact) mass is 433 g/mol. The Labute approximate surface area is 178 Å². The second-order valence-corrected chi connectivity index (χ2v) is 7.14. The molecule has 2 aromatic rings. The van der Waals surface area contributed by atoms with Gasteiger partial charge < -0.3 is 19.9 Å². The topological polar surface area (TPSA) is 131 Å². The van der Waals surface area contributed by atoms with Gasteiger partial charge in [-0.05, 0) is 6.42 Å². The molecule has 10 nitrogen and oxygen atoms in total. The van der Waals surface area contributed by atoms with Crippen LogP contribution in [-0.2, 0) is 23.8 Å². The third-order valence-corrected chi connectivity index (χ3v) is 5.00. The van der Waals surface area contributed by atoms with E-state index in [4.69, 9.17) is 26.4 Å². The number of carbonyl (C=O) groups is 2. The van der Waals surface area contributed by atoms with Crippen molar-refractivity contribution in [3.8, 4) is 12.3 Å². The molecule has 3 atom stereocenters. The van der Waals surface area contributed by atoms with Gasteiger partial charge in [0.05, 0.1) is 6.33 Å². The van der Waals surface area contributed by atoms with Crippen molar-refractivity contribution in [2.24, 2.45) is 0 Å². The Kier molecular flexibility index (Phi) is 6.70. The molecule has 2 N–H and O–H groups in total. The molecule has 31 heavy (non-hydrogen) atoms. The number of esters is 2. The predicted molar refractivity (Wildman–Crippen MR) is 107 cm³/mol. The second kappa shape index (κ2) is 9.26. The van der Waals surface area contributed by atoms with Gasteiger partial charge >= 0.3 is 18.0 Å². The van der Waals surface area contributed by atoms with Gasteiger partial charge in [-0.25, -0.2) is 4.98 Å². The Bertz CT molecular complexity index is 1020. The molecular weight excluding hydrogens is 409 g/mol.